The number of nitrogens with two attached hydrogens (primary N) is 1. The van der Waals surface area contributed by atoms with Crippen molar-refractivity contribution in [3.63, 3.8) is 0 Å². The lowest BCUT2D eigenvalue weighted by Gasteiger charge is -2.38. The Bertz CT molecular complexity index is 514. The fourth-order valence-electron chi connectivity index (χ4n) is 2.21. The predicted molar refractivity (Wildman–Crippen MR) is 80.7 cm³/mol. The van der Waals surface area contributed by atoms with Gasteiger partial charge in [-0.25, -0.2) is 8.42 Å². The highest BCUT2D eigenvalue weighted by atomic mass is 35.5. The summed E-state index contributed by atoms with van der Waals surface area (Å²) < 4.78 is 23.7. The zero-order chi connectivity index (χ0) is 15.5. The molecule has 1 rings (SSSR count). The highest BCUT2D eigenvalue weighted by Gasteiger charge is 2.39. The van der Waals surface area contributed by atoms with Crippen LogP contribution in [0, 0.1) is 5.41 Å². The number of hydrogen-bond acceptors (Lipinski definition) is 5. The summed E-state index contributed by atoms with van der Waals surface area (Å²) in [4.78, 5) is 23.7. The number of imide groups is 1. The Morgan fingerprint density at radius 3 is 2.52 bits per heavy atom. The number of nitrogens with zero attached hydrogens (tertiary/aromatic N) is 1. The van der Waals surface area contributed by atoms with E-state index in [1.165, 1.54) is 13.8 Å². The first-order chi connectivity index (χ1) is 9.19. The zero-order valence-corrected chi connectivity index (χ0v) is 13.6. The number of carbonyl (C=O) groups is 2. The molecule has 1 aliphatic rings. The first-order valence-corrected chi connectivity index (χ1v) is 8.05. The lowest BCUT2D eigenvalue weighted by molar-refractivity contribution is -0.157. The van der Waals surface area contributed by atoms with E-state index in [-0.39, 0.29) is 48.9 Å². The molecule has 10 heteroatoms. The van der Waals surface area contributed by atoms with Crippen molar-refractivity contribution in [1.82, 2.24) is 10.2 Å². The van der Waals surface area contributed by atoms with E-state index in [4.69, 9.17) is 11.1 Å². The van der Waals surface area contributed by atoms with Crippen LogP contribution in [0.15, 0.2) is 0 Å². The van der Waals surface area contributed by atoms with Crippen molar-refractivity contribution in [3.05, 3.63) is 0 Å². The van der Waals surface area contributed by atoms with Gasteiger partial charge < -0.3 is 11.1 Å². The maximum atomic E-state index is 11.9. The average Bonchev–Trinajstić information content (AvgIpc) is 2.30. The Morgan fingerprint density at radius 2 is 2.14 bits per heavy atom. The maximum Gasteiger partial charge on any atom is 0.231 e. The molecule has 2 unspecified atom stereocenters. The number of halogens is 1. The first kappa shape index (κ1) is 19.7. The topological polar surface area (TPSA) is 133 Å². The summed E-state index contributed by atoms with van der Waals surface area (Å²) >= 11 is 0. The van der Waals surface area contributed by atoms with E-state index in [1.54, 1.807) is 0 Å². The van der Waals surface area contributed by atoms with Crippen molar-refractivity contribution in [2.24, 2.45) is 5.73 Å². The lowest BCUT2D eigenvalue weighted by Crippen LogP contribution is -2.55. The lowest BCUT2D eigenvalue weighted by atomic mass is 9.97. The second kappa shape index (κ2) is 7.60. The van der Waals surface area contributed by atoms with Gasteiger partial charge in [-0.1, -0.05) is 6.92 Å². The van der Waals surface area contributed by atoms with E-state index >= 15 is 0 Å². The minimum atomic E-state index is -3.41. The molecule has 4 N–H and O–H groups in total. The van der Waals surface area contributed by atoms with Gasteiger partial charge in [0.05, 0.1) is 0 Å². The summed E-state index contributed by atoms with van der Waals surface area (Å²) in [6.45, 7) is 2.82. The summed E-state index contributed by atoms with van der Waals surface area (Å²) in [5.41, 5.74) is 5.18. The summed E-state index contributed by atoms with van der Waals surface area (Å²) in [6.07, 6.45) is 0.811. The van der Waals surface area contributed by atoms with E-state index in [1.807, 2.05) is 0 Å². The van der Waals surface area contributed by atoms with Crippen LogP contribution in [0.25, 0.3) is 0 Å². The third-order valence-corrected chi connectivity index (χ3v) is 5.32. The van der Waals surface area contributed by atoms with Gasteiger partial charge in [0, 0.05) is 25.1 Å². The second-order valence-electron chi connectivity index (χ2n) is 4.72. The van der Waals surface area contributed by atoms with Gasteiger partial charge in [-0.15, -0.1) is 12.4 Å². The number of nitrogens with one attached hydrogen (secondary N) is 2. The smallest absolute Gasteiger partial charge is 0.231 e. The van der Waals surface area contributed by atoms with E-state index in [0.717, 1.165) is 4.90 Å². The normalized spacial score (nSPS) is 19.2. The Hall–Kier alpha value is -1.35. The van der Waals surface area contributed by atoms with Gasteiger partial charge in [-0.05, 0) is 12.8 Å². The number of likely N-dealkylation sites (tertiary alicyclic amines) is 1. The summed E-state index contributed by atoms with van der Waals surface area (Å²) in [5.74, 6) is -1.06. The SMILES string of the molecule is CCS(=O)(=O)C(CCC1CC(=O)N1C(C)=O)NC(=N)N.Cl. The molecule has 0 saturated carbocycles. The van der Waals surface area contributed by atoms with Gasteiger partial charge in [0.1, 0.15) is 5.37 Å². The number of rotatable bonds is 6. The standard InChI is InChI=1S/C11H20N4O4S.ClH/c1-3-20(18,19)9(14-11(12)13)5-4-8-6-10(17)15(8)7(2)16;/h8-9H,3-6H2,1-2H3,(H4,12,13,14);1H. The summed E-state index contributed by atoms with van der Waals surface area (Å²) in [5, 5.41) is 8.60. The fraction of sp³-hybridized carbons (Fsp3) is 0.727. The molecule has 1 saturated heterocycles. The summed E-state index contributed by atoms with van der Waals surface area (Å²) in [6, 6.07) is -0.261. The predicted octanol–water partition coefficient (Wildman–Crippen LogP) is -0.420. The van der Waals surface area contributed by atoms with Crippen LogP contribution < -0.4 is 11.1 Å². The molecule has 0 aliphatic carbocycles. The number of carbonyl (C=O) groups excluding carboxylic acids is 2. The highest BCUT2D eigenvalue weighted by Crippen LogP contribution is 2.25. The quantitative estimate of drug-likeness (QED) is 0.341. The van der Waals surface area contributed by atoms with Crippen LogP contribution in [0.4, 0.5) is 0 Å². The molecule has 0 bridgehead atoms. The van der Waals surface area contributed by atoms with Gasteiger partial charge in [-0.3, -0.25) is 19.9 Å². The molecular formula is C11H21ClN4O4S. The molecule has 2 amide bonds. The molecule has 21 heavy (non-hydrogen) atoms. The molecule has 1 fully saturated rings. The van der Waals surface area contributed by atoms with Crippen molar-refractivity contribution < 1.29 is 18.0 Å². The molecule has 1 aliphatic heterocycles. The number of sulfone groups is 1. The minimum absolute atomic E-state index is 0. The molecule has 8 nitrogen and oxygen atoms in total. The van der Waals surface area contributed by atoms with Crippen molar-refractivity contribution in [2.45, 2.75) is 44.5 Å². The Balaban J connectivity index is 0.00000400. The van der Waals surface area contributed by atoms with Crippen molar-refractivity contribution >= 4 is 40.0 Å². The van der Waals surface area contributed by atoms with E-state index < -0.39 is 21.2 Å². The van der Waals surface area contributed by atoms with Crippen molar-refractivity contribution in [2.75, 3.05) is 5.75 Å². The average molecular weight is 341 g/mol. The van der Waals surface area contributed by atoms with Gasteiger partial charge in [0.2, 0.25) is 11.8 Å². The molecule has 0 aromatic heterocycles. The third kappa shape index (κ3) is 4.85. The number of β-lactam (4-membered cyclic amide) rings is 1. The Morgan fingerprint density at radius 1 is 1.57 bits per heavy atom. The highest BCUT2D eigenvalue weighted by molar-refractivity contribution is 7.91. The molecule has 0 aromatic carbocycles. The monoisotopic (exact) mass is 340 g/mol. The van der Waals surface area contributed by atoms with Crippen LogP contribution in [-0.2, 0) is 19.4 Å². The van der Waals surface area contributed by atoms with E-state index in [0.29, 0.717) is 6.42 Å². The van der Waals surface area contributed by atoms with Gasteiger partial charge in [0.25, 0.3) is 0 Å². The van der Waals surface area contributed by atoms with Crippen molar-refractivity contribution in [3.8, 4) is 0 Å². The number of guanidine groups is 1. The molecule has 1 heterocycles. The van der Waals surface area contributed by atoms with Crippen LogP contribution in [0.3, 0.4) is 0 Å². The molecule has 0 spiro atoms. The van der Waals surface area contributed by atoms with Gasteiger partial charge in [-0.2, -0.15) is 0 Å². The molecule has 0 aromatic rings. The number of hydrogen-bond donors (Lipinski definition) is 3. The third-order valence-electron chi connectivity index (χ3n) is 3.30. The largest absolute Gasteiger partial charge is 0.370 e. The molecule has 2 atom stereocenters. The van der Waals surface area contributed by atoms with Crippen molar-refractivity contribution in [1.29, 1.82) is 5.41 Å². The maximum absolute atomic E-state index is 11.9. The van der Waals surface area contributed by atoms with Crippen LogP contribution >= 0.6 is 12.4 Å². The first-order valence-electron chi connectivity index (χ1n) is 6.33. The fourth-order valence-corrected chi connectivity index (χ4v) is 3.41. The zero-order valence-electron chi connectivity index (χ0n) is 12.0. The number of amides is 2. The minimum Gasteiger partial charge on any atom is -0.370 e. The molecular weight excluding hydrogens is 320 g/mol. The van der Waals surface area contributed by atoms with Crippen LogP contribution in [0.2, 0.25) is 0 Å². The Labute approximate surface area is 130 Å². The van der Waals surface area contributed by atoms with E-state index in [9.17, 15) is 18.0 Å². The molecule has 122 valence electrons. The van der Waals surface area contributed by atoms with Gasteiger partial charge in [0.15, 0.2) is 15.8 Å². The van der Waals surface area contributed by atoms with Gasteiger partial charge >= 0.3 is 0 Å². The van der Waals surface area contributed by atoms with E-state index in [2.05, 4.69) is 5.32 Å². The van der Waals surface area contributed by atoms with Crippen LogP contribution in [-0.4, -0.2) is 48.3 Å². The molecule has 0 radical (unpaired) electrons. The Kier molecular flexibility index (Phi) is 7.11. The second-order valence-corrected chi connectivity index (χ2v) is 7.19. The van der Waals surface area contributed by atoms with Crippen LogP contribution in [0.1, 0.15) is 33.1 Å². The van der Waals surface area contributed by atoms with Crippen LogP contribution in [0.5, 0.6) is 0 Å². The summed E-state index contributed by atoms with van der Waals surface area (Å²) in [7, 11) is -3.41.